The van der Waals surface area contributed by atoms with Gasteiger partial charge in [0, 0.05) is 6.61 Å². The molecule has 0 radical (unpaired) electrons. The second kappa shape index (κ2) is 6.12. The van der Waals surface area contributed by atoms with Gasteiger partial charge in [-0.2, -0.15) is 0 Å². The van der Waals surface area contributed by atoms with Crippen molar-refractivity contribution in [1.82, 2.24) is 0 Å². The third kappa shape index (κ3) is 3.55. The lowest BCUT2D eigenvalue weighted by Gasteiger charge is -1.99. The average molecular weight is 224 g/mol. The van der Waals surface area contributed by atoms with E-state index in [1.54, 1.807) is 6.92 Å². The molecule has 0 amide bonds. The van der Waals surface area contributed by atoms with Gasteiger partial charge >= 0.3 is 5.97 Å². The lowest BCUT2D eigenvalue weighted by Crippen LogP contribution is -1.95. The van der Waals surface area contributed by atoms with Crippen molar-refractivity contribution in [3.63, 3.8) is 0 Å². The molecule has 4 nitrogen and oxygen atoms in total. The Kier molecular flexibility index (Phi) is 4.79. The average Bonchev–Trinajstić information content (AvgIpc) is 2.59. The maximum absolute atomic E-state index is 10.7. The zero-order valence-electron chi connectivity index (χ0n) is 9.36. The molecule has 88 valence electrons. The van der Waals surface area contributed by atoms with Crippen molar-refractivity contribution in [3.05, 3.63) is 35.8 Å². The van der Waals surface area contributed by atoms with Crippen molar-refractivity contribution in [1.29, 1.82) is 0 Å². The van der Waals surface area contributed by atoms with E-state index in [1.165, 1.54) is 6.07 Å². The smallest absolute Gasteiger partial charge is 0.339 e. The number of hydrogen-bond acceptors (Lipinski definition) is 3. The third-order valence-corrected chi connectivity index (χ3v) is 2.14. The van der Waals surface area contributed by atoms with Crippen molar-refractivity contribution in [2.75, 3.05) is 6.61 Å². The van der Waals surface area contributed by atoms with E-state index in [0.29, 0.717) is 24.7 Å². The lowest BCUT2D eigenvalue weighted by molar-refractivity contribution is 0.0695. The molecule has 0 atom stereocenters. The molecule has 0 aromatic carbocycles. The predicted molar refractivity (Wildman–Crippen MR) is 59.5 cm³/mol. The predicted octanol–water partition coefficient (Wildman–Crippen LogP) is 2.77. The summed E-state index contributed by atoms with van der Waals surface area (Å²) in [5.41, 5.74) is 0.199. The molecule has 0 spiro atoms. The van der Waals surface area contributed by atoms with Crippen LogP contribution in [0.5, 0.6) is 0 Å². The fourth-order valence-corrected chi connectivity index (χ4v) is 1.33. The molecular formula is C12H16O4. The fraction of sp³-hybridized carbons (Fsp3) is 0.417. The van der Waals surface area contributed by atoms with Crippen LogP contribution in [0.15, 0.2) is 23.1 Å². The van der Waals surface area contributed by atoms with Gasteiger partial charge in [0.15, 0.2) is 0 Å². The SMILES string of the molecule is C=CCCCOCc1cc(C(=O)O)c(C)o1. The molecule has 16 heavy (non-hydrogen) atoms. The number of carbonyl (C=O) groups is 1. The molecular weight excluding hydrogens is 208 g/mol. The first kappa shape index (κ1) is 12.5. The molecule has 0 unspecified atom stereocenters. The highest BCUT2D eigenvalue weighted by atomic mass is 16.5. The largest absolute Gasteiger partial charge is 0.478 e. The molecule has 0 aliphatic carbocycles. The van der Waals surface area contributed by atoms with E-state index in [2.05, 4.69) is 6.58 Å². The van der Waals surface area contributed by atoms with Gasteiger partial charge in [0.1, 0.15) is 23.7 Å². The van der Waals surface area contributed by atoms with E-state index in [-0.39, 0.29) is 5.56 Å². The maximum atomic E-state index is 10.7. The van der Waals surface area contributed by atoms with Gasteiger partial charge in [-0.1, -0.05) is 6.08 Å². The van der Waals surface area contributed by atoms with Crippen LogP contribution in [0.25, 0.3) is 0 Å². The Bertz CT molecular complexity index is 365. The topological polar surface area (TPSA) is 59.7 Å². The maximum Gasteiger partial charge on any atom is 0.339 e. The Morgan fingerprint density at radius 1 is 1.69 bits per heavy atom. The summed E-state index contributed by atoms with van der Waals surface area (Å²) in [6.45, 7) is 6.17. The molecule has 0 fully saturated rings. The van der Waals surface area contributed by atoms with Crippen molar-refractivity contribution in [2.24, 2.45) is 0 Å². The first-order valence-electron chi connectivity index (χ1n) is 5.16. The summed E-state index contributed by atoms with van der Waals surface area (Å²) in [7, 11) is 0. The number of ether oxygens (including phenoxy) is 1. The quantitative estimate of drug-likeness (QED) is 0.571. The fourth-order valence-electron chi connectivity index (χ4n) is 1.33. The van der Waals surface area contributed by atoms with Crippen LogP contribution in [0.4, 0.5) is 0 Å². The molecule has 1 aromatic heterocycles. The molecule has 0 aliphatic heterocycles. The van der Waals surface area contributed by atoms with E-state index in [0.717, 1.165) is 12.8 Å². The normalized spacial score (nSPS) is 10.3. The standard InChI is InChI=1S/C12H16O4/c1-3-4-5-6-15-8-10-7-11(12(13)14)9(2)16-10/h3,7H,1,4-6,8H2,2H3,(H,13,14). The molecule has 0 saturated heterocycles. The molecule has 1 aromatic rings. The van der Waals surface area contributed by atoms with Gasteiger partial charge in [-0.25, -0.2) is 4.79 Å². The molecule has 0 saturated carbocycles. The lowest BCUT2D eigenvalue weighted by atomic mass is 10.2. The summed E-state index contributed by atoms with van der Waals surface area (Å²) in [5.74, 6) is -0.00940. The summed E-state index contributed by atoms with van der Waals surface area (Å²) < 4.78 is 10.6. The number of hydrogen-bond donors (Lipinski definition) is 1. The minimum Gasteiger partial charge on any atom is -0.478 e. The number of carboxylic acids is 1. The monoisotopic (exact) mass is 224 g/mol. The third-order valence-electron chi connectivity index (χ3n) is 2.14. The van der Waals surface area contributed by atoms with E-state index < -0.39 is 5.97 Å². The van der Waals surface area contributed by atoms with Gasteiger partial charge < -0.3 is 14.3 Å². The molecule has 1 heterocycles. The minimum absolute atomic E-state index is 0.199. The zero-order valence-corrected chi connectivity index (χ0v) is 9.36. The summed E-state index contributed by atoms with van der Waals surface area (Å²) in [5, 5.41) is 8.81. The second-order valence-corrected chi connectivity index (χ2v) is 3.47. The van der Waals surface area contributed by atoms with Gasteiger partial charge in [0.25, 0.3) is 0 Å². The number of unbranched alkanes of at least 4 members (excludes halogenated alkanes) is 1. The Balaban J connectivity index is 2.40. The Labute approximate surface area is 94.5 Å². The van der Waals surface area contributed by atoms with Crippen LogP contribution in [-0.4, -0.2) is 17.7 Å². The highest BCUT2D eigenvalue weighted by Crippen LogP contribution is 2.15. The van der Waals surface area contributed by atoms with Gasteiger partial charge in [-0.15, -0.1) is 6.58 Å². The highest BCUT2D eigenvalue weighted by molar-refractivity contribution is 5.88. The number of carboxylic acid groups (broad SMARTS) is 1. The van der Waals surface area contributed by atoms with Gasteiger partial charge in [-0.3, -0.25) is 0 Å². The van der Waals surface area contributed by atoms with Crippen molar-refractivity contribution < 1.29 is 19.1 Å². The number of allylic oxidation sites excluding steroid dienone is 1. The number of aryl methyl sites for hydroxylation is 1. The summed E-state index contributed by atoms with van der Waals surface area (Å²) >= 11 is 0. The molecule has 1 rings (SSSR count). The Morgan fingerprint density at radius 3 is 3.00 bits per heavy atom. The summed E-state index contributed by atoms with van der Waals surface area (Å²) in [4.78, 5) is 10.7. The molecule has 0 aliphatic rings. The van der Waals surface area contributed by atoms with E-state index in [9.17, 15) is 4.79 Å². The van der Waals surface area contributed by atoms with Crippen LogP contribution in [0.3, 0.4) is 0 Å². The Morgan fingerprint density at radius 2 is 2.44 bits per heavy atom. The van der Waals surface area contributed by atoms with E-state index in [4.69, 9.17) is 14.3 Å². The van der Waals surface area contributed by atoms with Crippen molar-refractivity contribution in [2.45, 2.75) is 26.4 Å². The second-order valence-electron chi connectivity index (χ2n) is 3.47. The highest BCUT2D eigenvalue weighted by Gasteiger charge is 2.13. The first-order valence-corrected chi connectivity index (χ1v) is 5.16. The number of furan rings is 1. The van der Waals surface area contributed by atoms with Crippen LogP contribution in [0.1, 0.15) is 34.7 Å². The van der Waals surface area contributed by atoms with Gasteiger partial charge in [0.2, 0.25) is 0 Å². The van der Waals surface area contributed by atoms with Gasteiger partial charge in [0.05, 0.1) is 0 Å². The van der Waals surface area contributed by atoms with Crippen LogP contribution < -0.4 is 0 Å². The zero-order chi connectivity index (χ0) is 12.0. The summed E-state index contributed by atoms with van der Waals surface area (Å²) in [6.07, 6.45) is 3.66. The van der Waals surface area contributed by atoms with Crippen LogP contribution in [0.2, 0.25) is 0 Å². The van der Waals surface area contributed by atoms with Crippen molar-refractivity contribution >= 4 is 5.97 Å². The van der Waals surface area contributed by atoms with Gasteiger partial charge in [-0.05, 0) is 25.8 Å². The molecule has 0 bridgehead atoms. The van der Waals surface area contributed by atoms with Crippen LogP contribution in [-0.2, 0) is 11.3 Å². The Hall–Kier alpha value is -1.55. The number of rotatable bonds is 7. The van der Waals surface area contributed by atoms with Crippen LogP contribution in [0, 0.1) is 6.92 Å². The molecule has 1 N–H and O–H groups in total. The van der Waals surface area contributed by atoms with Crippen molar-refractivity contribution in [3.8, 4) is 0 Å². The first-order chi connectivity index (χ1) is 7.65. The molecule has 4 heteroatoms. The number of aromatic carboxylic acids is 1. The van der Waals surface area contributed by atoms with E-state index >= 15 is 0 Å². The summed E-state index contributed by atoms with van der Waals surface area (Å²) in [6, 6.07) is 1.51. The van der Waals surface area contributed by atoms with E-state index in [1.807, 2.05) is 6.08 Å². The minimum atomic E-state index is -0.973. The van der Waals surface area contributed by atoms with Crippen LogP contribution >= 0.6 is 0 Å².